The Morgan fingerprint density at radius 1 is 1.04 bits per heavy atom. The van der Waals surface area contributed by atoms with Gasteiger partial charge in [0.25, 0.3) is 11.5 Å². The van der Waals surface area contributed by atoms with Gasteiger partial charge in [0.1, 0.15) is 0 Å². The molecular formula is C22H18N2O3S. The van der Waals surface area contributed by atoms with E-state index in [4.69, 9.17) is 4.74 Å². The van der Waals surface area contributed by atoms with Crippen molar-refractivity contribution in [3.05, 3.63) is 76.0 Å². The molecule has 0 unspecified atom stereocenters. The Balaban J connectivity index is 1.82. The molecule has 140 valence electrons. The van der Waals surface area contributed by atoms with Crippen LogP contribution in [-0.4, -0.2) is 41.5 Å². The Hall–Kier alpha value is -2.96. The van der Waals surface area contributed by atoms with Gasteiger partial charge < -0.3 is 9.64 Å². The topological polar surface area (TPSA) is 51.0 Å². The number of hydrogen-bond donors (Lipinski definition) is 0. The smallest absolute Gasteiger partial charge is 0.263 e. The van der Waals surface area contributed by atoms with E-state index in [2.05, 4.69) is 0 Å². The second-order valence-electron chi connectivity index (χ2n) is 6.79. The van der Waals surface area contributed by atoms with E-state index < -0.39 is 0 Å². The van der Waals surface area contributed by atoms with Crippen LogP contribution in [0.1, 0.15) is 10.4 Å². The standard InChI is InChI=1S/C22H18N2O3S/c25-21(23-9-11-27-12-10-23)18-14-17(15-4-2-1-3-5-15)22(26)24-8-6-16-7-13-28-20(16)19(18)24/h1-8,13-14H,9-12H2. The van der Waals surface area contributed by atoms with E-state index in [1.807, 2.05) is 52.7 Å². The van der Waals surface area contributed by atoms with Crippen molar-refractivity contribution >= 4 is 32.8 Å². The zero-order valence-corrected chi connectivity index (χ0v) is 15.9. The monoisotopic (exact) mass is 390 g/mol. The Morgan fingerprint density at radius 2 is 1.82 bits per heavy atom. The van der Waals surface area contributed by atoms with Crippen molar-refractivity contribution < 1.29 is 9.53 Å². The van der Waals surface area contributed by atoms with E-state index >= 15 is 0 Å². The van der Waals surface area contributed by atoms with E-state index in [9.17, 15) is 9.59 Å². The highest BCUT2D eigenvalue weighted by Crippen LogP contribution is 2.30. The number of amides is 1. The summed E-state index contributed by atoms with van der Waals surface area (Å²) in [6.45, 7) is 2.20. The second kappa shape index (κ2) is 6.89. The maximum Gasteiger partial charge on any atom is 0.263 e. The van der Waals surface area contributed by atoms with Crippen LogP contribution in [-0.2, 0) is 4.74 Å². The molecule has 1 amide bonds. The summed E-state index contributed by atoms with van der Waals surface area (Å²) in [5.74, 6) is -0.0566. The lowest BCUT2D eigenvalue weighted by atomic mass is 10.0. The SMILES string of the molecule is O=C(c1cc(-c2ccccc2)c(=O)n2ccc3ccsc3c12)N1CCOCC1. The number of hydrogen-bond acceptors (Lipinski definition) is 4. The van der Waals surface area contributed by atoms with Crippen molar-refractivity contribution in [2.45, 2.75) is 0 Å². The van der Waals surface area contributed by atoms with Crippen molar-refractivity contribution in [1.82, 2.24) is 9.30 Å². The van der Waals surface area contributed by atoms with Crippen LogP contribution in [0.15, 0.2) is 64.9 Å². The van der Waals surface area contributed by atoms with Crippen molar-refractivity contribution in [3.63, 3.8) is 0 Å². The number of nitrogens with zero attached hydrogens (tertiary/aromatic N) is 2. The summed E-state index contributed by atoms with van der Waals surface area (Å²) in [7, 11) is 0. The molecule has 1 aliphatic heterocycles. The Kier molecular flexibility index (Phi) is 4.22. The average Bonchev–Trinajstić information content (AvgIpc) is 3.24. The molecule has 6 heteroatoms. The lowest BCUT2D eigenvalue weighted by Crippen LogP contribution is -2.41. The maximum atomic E-state index is 13.4. The molecule has 4 heterocycles. The van der Waals surface area contributed by atoms with Gasteiger partial charge in [-0.25, -0.2) is 0 Å². The molecule has 1 saturated heterocycles. The molecule has 0 bridgehead atoms. The van der Waals surface area contributed by atoms with Crippen LogP contribution in [0.25, 0.3) is 26.7 Å². The summed E-state index contributed by atoms with van der Waals surface area (Å²) >= 11 is 1.55. The molecule has 5 rings (SSSR count). The molecule has 0 atom stereocenters. The maximum absolute atomic E-state index is 13.4. The molecule has 1 aliphatic rings. The van der Waals surface area contributed by atoms with Gasteiger partial charge in [-0.05, 0) is 34.5 Å². The van der Waals surface area contributed by atoms with Crippen molar-refractivity contribution in [2.24, 2.45) is 0 Å². The number of carbonyl (C=O) groups is 1. The molecule has 1 fully saturated rings. The molecule has 4 aromatic rings. The van der Waals surface area contributed by atoms with Crippen molar-refractivity contribution in [3.8, 4) is 11.1 Å². The zero-order chi connectivity index (χ0) is 19.1. The van der Waals surface area contributed by atoms with E-state index in [1.54, 1.807) is 28.0 Å². The molecule has 0 aliphatic carbocycles. The molecule has 0 N–H and O–H groups in total. The van der Waals surface area contributed by atoms with Crippen LogP contribution in [0, 0.1) is 0 Å². The van der Waals surface area contributed by atoms with Crippen LogP contribution >= 0.6 is 11.3 Å². The lowest BCUT2D eigenvalue weighted by Gasteiger charge is -2.27. The molecule has 5 nitrogen and oxygen atoms in total. The van der Waals surface area contributed by atoms with Gasteiger partial charge in [0.05, 0.1) is 29.0 Å². The minimum absolute atomic E-state index is 0.0566. The third-order valence-electron chi connectivity index (χ3n) is 5.16. The fourth-order valence-electron chi connectivity index (χ4n) is 3.73. The van der Waals surface area contributed by atoms with Gasteiger partial charge in [0, 0.05) is 24.8 Å². The van der Waals surface area contributed by atoms with Gasteiger partial charge in [-0.2, -0.15) is 0 Å². The fourth-order valence-corrected chi connectivity index (χ4v) is 4.67. The summed E-state index contributed by atoms with van der Waals surface area (Å²) in [5, 5.41) is 3.02. The Labute approximate surface area is 165 Å². The van der Waals surface area contributed by atoms with Gasteiger partial charge in [0.15, 0.2) is 0 Å². The second-order valence-corrected chi connectivity index (χ2v) is 7.70. The number of carbonyl (C=O) groups excluding carboxylic acids is 1. The number of thiophene rings is 1. The van der Waals surface area contributed by atoms with Crippen LogP contribution in [0.3, 0.4) is 0 Å². The number of pyridine rings is 2. The summed E-state index contributed by atoms with van der Waals surface area (Å²) in [5.41, 5.74) is 2.48. The quantitative estimate of drug-likeness (QED) is 0.525. The first-order chi connectivity index (χ1) is 13.7. The number of ether oxygens (including phenoxy) is 1. The first-order valence-electron chi connectivity index (χ1n) is 9.22. The predicted octanol–water partition coefficient (Wildman–Crippen LogP) is 3.65. The number of aromatic nitrogens is 1. The predicted molar refractivity (Wildman–Crippen MR) is 111 cm³/mol. The first kappa shape index (κ1) is 17.2. The summed E-state index contributed by atoms with van der Waals surface area (Å²) in [6.07, 6.45) is 1.77. The number of rotatable bonds is 2. The third kappa shape index (κ3) is 2.73. The van der Waals surface area contributed by atoms with Gasteiger partial charge in [-0.3, -0.25) is 14.0 Å². The molecule has 0 radical (unpaired) electrons. The number of benzene rings is 1. The van der Waals surface area contributed by atoms with Crippen LogP contribution < -0.4 is 5.56 Å². The van der Waals surface area contributed by atoms with Gasteiger partial charge in [-0.1, -0.05) is 30.3 Å². The fraction of sp³-hybridized carbons (Fsp3) is 0.182. The summed E-state index contributed by atoms with van der Waals surface area (Å²) < 4.78 is 7.97. The highest BCUT2D eigenvalue weighted by Gasteiger charge is 2.24. The summed E-state index contributed by atoms with van der Waals surface area (Å²) in [4.78, 5) is 28.5. The molecule has 1 aromatic carbocycles. The van der Waals surface area contributed by atoms with Crippen LogP contribution in [0.2, 0.25) is 0 Å². The number of fused-ring (bicyclic) bond motifs is 3. The van der Waals surface area contributed by atoms with Crippen LogP contribution in [0.5, 0.6) is 0 Å². The van der Waals surface area contributed by atoms with Crippen molar-refractivity contribution in [1.29, 1.82) is 0 Å². The third-order valence-corrected chi connectivity index (χ3v) is 6.10. The van der Waals surface area contributed by atoms with E-state index in [-0.39, 0.29) is 11.5 Å². The minimum atomic E-state index is -0.116. The van der Waals surface area contributed by atoms with E-state index in [0.717, 1.165) is 15.6 Å². The molecule has 0 spiro atoms. The Morgan fingerprint density at radius 3 is 2.61 bits per heavy atom. The normalized spacial score (nSPS) is 14.6. The average molecular weight is 390 g/mol. The molecule has 3 aromatic heterocycles. The number of morpholine rings is 1. The van der Waals surface area contributed by atoms with E-state index in [1.165, 1.54) is 0 Å². The molecule has 0 saturated carbocycles. The lowest BCUT2D eigenvalue weighted by molar-refractivity contribution is 0.0304. The van der Waals surface area contributed by atoms with Crippen molar-refractivity contribution in [2.75, 3.05) is 26.3 Å². The van der Waals surface area contributed by atoms with Gasteiger partial charge in [-0.15, -0.1) is 11.3 Å². The zero-order valence-electron chi connectivity index (χ0n) is 15.1. The molecular weight excluding hydrogens is 372 g/mol. The Bertz CT molecular complexity index is 1240. The minimum Gasteiger partial charge on any atom is -0.378 e. The van der Waals surface area contributed by atoms with E-state index in [0.29, 0.717) is 42.9 Å². The molecule has 28 heavy (non-hydrogen) atoms. The largest absolute Gasteiger partial charge is 0.378 e. The first-order valence-corrected chi connectivity index (χ1v) is 10.1. The highest BCUT2D eigenvalue weighted by atomic mass is 32.1. The van der Waals surface area contributed by atoms with Gasteiger partial charge in [0.2, 0.25) is 0 Å². The summed E-state index contributed by atoms with van der Waals surface area (Å²) in [6, 6.07) is 15.2. The van der Waals surface area contributed by atoms with Crippen LogP contribution in [0.4, 0.5) is 0 Å². The van der Waals surface area contributed by atoms with Gasteiger partial charge >= 0.3 is 0 Å². The highest BCUT2D eigenvalue weighted by molar-refractivity contribution is 7.18.